The van der Waals surface area contributed by atoms with E-state index in [2.05, 4.69) is 31.2 Å². The standard InChI is InChI=1S/C21H24FN7O3S/c1-3-24-21(30)26-11-14-5-8-15(9-6-14)27-19-17(22)12-25-20(29-19)28-16-7-4-13(2)18(10-16)33(23,31)32/h4-10,12H,3,11H2,1-2H3,(H2,23,31,32)(H2,24,26,30)(H2,25,27,28,29). The van der Waals surface area contributed by atoms with Gasteiger partial charge in [-0.1, -0.05) is 18.2 Å². The number of halogens is 1. The molecule has 2 aromatic carbocycles. The van der Waals surface area contributed by atoms with Crippen molar-refractivity contribution in [3.8, 4) is 0 Å². The Morgan fingerprint density at radius 2 is 1.76 bits per heavy atom. The molecule has 1 aromatic heterocycles. The van der Waals surface area contributed by atoms with Crippen LogP contribution in [-0.2, 0) is 16.6 Å². The third kappa shape index (κ3) is 6.60. The lowest BCUT2D eigenvalue weighted by molar-refractivity contribution is 0.241. The number of nitrogens with zero attached hydrogens (tertiary/aromatic N) is 2. The highest BCUT2D eigenvalue weighted by atomic mass is 32.2. The fourth-order valence-electron chi connectivity index (χ4n) is 2.88. The SMILES string of the molecule is CCNC(=O)NCc1ccc(Nc2nc(Nc3ccc(C)c(S(N)(=O)=O)c3)ncc2F)cc1. The molecule has 0 aliphatic carbocycles. The van der Waals surface area contributed by atoms with Crippen LogP contribution in [0.1, 0.15) is 18.1 Å². The Balaban J connectivity index is 1.71. The van der Waals surface area contributed by atoms with E-state index in [1.54, 1.807) is 43.3 Å². The van der Waals surface area contributed by atoms with Crippen LogP contribution in [0.25, 0.3) is 0 Å². The Morgan fingerprint density at radius 3 is 2.42 bits per heavy atom. The van der Waals surface area contributed by atoms with Gasteiger partial charge in [0.25, 0.3) is 0 Å². The third-order valence-corrected chi connectivity index (χ3v) is 5.55. The molecule has 33 heavy (non-hydrogen) atoms. The molecule has 174 valence electrons. The number of rotatable bonds is 8. The maximum atomic E-state index is 14.3. The van der Waals surface area contributed by atoms with Crippen molar-refractivity contribution in [2.75, 3.05) is 17.2 Å². The zero-order valence-electron chi connectivity index (χ0n) is 18.0. The summed E-state index contributed by atoms with van der Waals surface area (Å²) >= 11 is 0. The first-order valence-electron chi connectivity index (χ1n) is 9.96. The van der Waals surface area contributed by atoms with Gasteiger partial charge in [0.15, 0.2) is 11.6 Å². The van der Waals surface area contributed by atoms with E-state index >= 15 is 0 Å². The average Bonchev–Trinajstić information content (AvgIpc) is 2.76. The van der Waals surface area contributed by atoms with Crippen molar-refractivity contribution in [2.45, 2.75) is 25.3 Å². The molecule has 0 radical (unpaired) electrons. The summed E-state index contributed by atoms with van der Waals surface area (Å²) in [5.74, 6) is -0.679. The monoisotopic (exact) mass is 473 g/mol. The van der Waals surface area contributed by atoms with Crippen LogP contribution in [0.4, 0.5) is 32.3 Å². The van der Waals surface area contributed by atoms with Crippen molar-refractivity contribution in [2.24, 2.45) is 5.14 Å². The number of carbonyl (C=O) groups is 1. The van der Waals surface area contributed by atoms with E-state index in [1.165, 1.54) is 6.07 Å². The van der Waals surface area contributed by atoms with Crippen LogP contribution in [0, 0.1) is 12.7 Å². The van der Waals surface area contributed by atoms with Crippen molar-refractivity contribution in [1.29, 1.82) is 0 Å². The van der Waals surface area contributed by atoms with Crippen molar-refractivity contribution >= 4 is 39.2 Å². The maximum Gasteiger partial charge on any atom is 0.315 e. The Labute approximate surface area is 190 Å². The van der Waals surface area contributed by atoms with E-state index in [-0.39, 0.29) is 22.7 Å². The Bertz CT molecular complexity index is 1250. The van der Waals surface area contributed by atoms with Crippen LogP contribution < -0.4 is 26.4 Å². The number of primary sulfonamides is 1. The number of aromatic nitrogens is 2. The molecule has 0 aliphatic heterocycles. The van der Waals surface area contributed by atoms with Gasteiger partial charge in [0.1, 0.15) is 0 Å². The van der Waals surface area contributed by atoms with Crippen LogP contribution in [0.15, 0.2) is 53.6 Å². The first kappa shape index (κ1) is 23.9. The largest absolute Gasteiger partial charge is 0.338 e. The second kappa shape index (κ2) is 10.2. The topological polar surface area (TPSA) is 151 Å². The highest BCUT2D eigenvalue weighted by Crippen LogP contribution is 2.23. The predicted molar refractivity (Wildman–Crippen MR) is 123 cm³/mol. The number of aryl methyl sites for hydroxylation is 1. The molecule has 0 saturated carbocycles. The second-order valence-electron chi connectivity index (χ2n) is 7.08. The number of nitrogens with one attached hydrogen (secondary N) is 4. The minimum Gasteiger partial charge on any atom is -0.338 e. The molecular formula is C21H24FN7O3S. The molecule has 0 fully saturated rings. The second-order valence-corrected chi connectivity index (χ2v) is 8.61. The molecular weight excluding hydrogens is 449 g/mol. The molecule has 0 spiro atoms. The van der Waals surface area contributed by atoms with Gasteiger partial charge in [-0.05, 0) is 49.2 Å². The quantitative estimate of drug-likeness (QED) is 0.337. The summed E-state index contributed by atoms with van der Waals surface area (Å²) in [5.41, 5.74) is 2.32. The lowest BCUT2D eigenvalue weighted by atomic mass is 10.2. The van der Waals surface area contributed by atoms with Gasteiger partial charge in [0.05, 0.1) is 11.1 Å². The van der Waals surface area contributed by atoms with Gasteiger partial charge < -0.3 is 21.3 Å². The molecule has 3 aromatic rings. The Kier molecular flexibility index (Phi) is 7.41. The number of benzene rings is 2. The fraction of sp³-hybridized carbons (Fsp3) is 0.190. The fourth-order valence-corrected chi connectivity index (χ4v) is 3.68. The van der Waals surface area contributed by atoms with Gasteiger partial charge in [-0.2, -0.15) is 4.98 Å². The molecule has 12 heteroatoms. The summed E-state index contributed by atoms with van der Waals surface area (Å²) in [6.45, 7) is 4.34. The summed E-state index contributed by atoms with van der Waals surface area (Å²) in [6.07, 6.45) is 0.997. The van der Waals surface area contributed by atoms with Crippen LogP contribution in [-0.4, -0.2) is 31.0 Å². The van der Waals surface area contributed by atoms with Crippen LogP contribution in [0.3, 0.4) is 0 Å². The molecule has 0 aliphatic rings. The molecule has 3 rings (SSSR count). The van der Waals surface area contributed by atoms with Crippen LogP contribution in [0.5, 0.6) is 0 Å². The van der Waals surface area contributed by atoms with Gasteiger partial charge in [-0.3, -0.25) is 0 Å². The lowest BCUT2D eigenvalue weighted by Crippen LogP contribution is -2.34. The number of carbonyl (C=O) groups excluding carboxylic acids is 1. The first-order valence-corrected chi connectivity index (χ1v) is 11.5. The maximum absolute atomic E-state index is 14.3. The first-order chi connectivity index (χ1) is 15.7. The van der Waals surface area contributed by atoms with E-state index in [0.29, 0.717) is 30.0 Å². The van der Waals surface area contributed by atoms with Gasteiger partial charge in [0.2, 0.25) is 16.0 Å². The number of urea groups is 1. The van der Waals surface area contributed by atoms with Gasteiger partial charge in [-0.15, -0.1) is 0 Å². The number of nitrogens with two attached hydrogens (primary N) is 1. The zero-order chi connectivity index (χ0) is 24.0. The van der Waals surface area contributed by atoms with Gasteiger partial charge in [-0.25, -0.2) is 27.7 Å². The molecule has 0 saturated heterocycles. The average molecular weight is 474 g/mol. The normalized spacial score (nSPS) is 11.0. The van der Waals surface area contributed by atoms with E-state index in [9.17, 15) is 17.6 Å². The van der Waals surface area contributed by atoms with Crippen molar-refractivity contribution in [3.05, 3.63) is 65.6 Å². The summed E-state index contributed by atoms with van der Waals surface area (Å²) in [5, 5.41) is 16.3. The number of anilines is 4. The van der Waals surface area contributed by atoms with E-state index < -0.39 is 15.8 Å². The summed E-state index contributed by atoms with van der Waals surface area (Å²) in [4.78, 5) is 19.5. The molecule has 2 amide bonds. The third-order valence-electron chi connectivity index (χ3n) is 4.50. The molecule has 10 nitrogen and oxygen atoms in total. The minimum atomic E-state index is -3.90. The van der Waals surface area contributed by atoms with Gasteiger partial charge in [0, 0.05) is 24.5 Å². The predicted octanol–water partition coefficient (Wildman–Crippen LogP) is 2.88. The zero-order valence-corrected chi connectivity index (χ0v) is 18.8. The number of hydrogen-bond donors (Lipinski definition) is 5. The minimum absolute atomic E-state index is 0.0327. The Morgan fingerprint density at radius 1 is 1.06 bits per heavy atom. The molecule has 0 atom stereocenters. The smallest absolute Gasteiger partial charge is 0.315 e. The summed E-state index contributed by atoms with van der Waals surface area (Å²) < 4.78 is 37.7. The molecule has 0 bridgehead atoms. The highest BCUT2D eigenvalue weighted by molar-refractivity contribution is 7.89. The highest BCUT2D eigenvalue weighted by Gasteiger charge is 2.13. The van der Waals surface area contributed by atoms with Crippen molar-refractivity contribution in [3.63, 3.8) is 0 Å². The molecule has 6 N–H and O–H groups in total. The van der Waals surface area contributed by atoms with E-state index in [1.807, 2.05) is 6.92 Å². The summed E-state index contributed by atoms with van der Waals surface area (Å²) in [7, 11) is -3.90. The van der Waals surface area contributed by atoms with Crippen molar-refractivity contribution < 1.29 is 17.6 Å². The van der Waals surface area contributed by atoms with E-state index in [0.717, 1.165) is 11.8 Å². The van der Waals surface area contributed by atoms with Gasteiger partial charge >= 0.3 is 6.03 Å². The molecule has 1 heterocycles. The van der Waals surface area contributed by atoms with Crippen LogP contribution in [0.2, 0.25) is 0 Å². The van der Waals surface area contributed by atoms with E-state index in [4.69, 9.17) is 5.14 Å². The summed E-state index contributed by atoms with van der Waals surface area (Å²) in [6, 6.07) is 11.3. The van der Waals surface area contributed by atoms with Crippen molar-refractivity contribution in [1.82, 2.24) is 20.6 Å². The number of sulfonamides is 1. The number of hydrogen-bond acceptors (Lipinski definition) is 7. The Hall–Kier alpha value is -3.77. The van der Waals surface area contributed by atoms with Crippen LogP contribution >= 0.6 is 0 Å². The molecule has 0 unspecified atom stereocenters. The lowest BCUT2D eigenvalue weighted by Gasteiger charge is -2.11. The number of amides is 2.